The first-order valence-electron chi connectivity index (χ1n) is 8.66. The van der Waals surface area contributed by atoms with E-state index in [1.807, 2.05) is 0 Å². The molecule has 2 amide bonds. The molecule has 152 valence electrons. The van der Waals surface area contributed by atoms with Gasteiger partial charge in [-0.2, -0.15) is 0 Å². The second-order valence-corrected chi connectivity index (χ2v) is 8.49. The maximum Gasteiger partial charge on any atom is 0.263 e. The van der Waals surface area contributed by atoms with Crippen LogP contribution in [0.15, 0.2) is 59.5 Å². The minimum atomic E-state index is -3.88. The van der Waals surface area contributed by atoms with E-state index < -0.39 is 10.0 Å². The van der Waals surface area contributed by atoms with Crippen molar-refractivity contribution in [2.24, 2.45) is 0 Å². The second-order valence-electron chi connectivity index (χ2n) is 6.42. The number of anilines is 3. The van der Waals surface area contributed by atoms with Crippen LogP contribution in [0, 0.1) is 0 Å². The summed E-state index contributed by atoms with van der Waals surface area (Å²) in [6.07, 6.45) is 0.230. The zero-order valence-electron chi connectivity index (χ0n) is 15.2. The molecule has 2 aromatic carbocycles. The predicted molar refractivity (Wildman–Crippen MR) is 111 cm³/mol. The standard InChI is InChI=1S/C19H14ClN5O4S/c20-16-7-8-17(24-23-16)25-30(28,29)14-4-2-13(3-5-14)21-19(27)11-1-6-15-12(9-11)10-18(26)22-15/h1-9H,10H2,(H,21,27)(H,22,26)(H,24,25). The molecule has 1 aliphatic heterocycles. The van der Waals surface area contributed by atoms with Crippen LogP contribution in [-0.2, 0) is 21.2 Å². The van der Waals surface area contributed by atoms with Gasteiger partial charge in [-0.1, -0.05) is 11.6 Å². The van der Waals surface area contributed by atoms with Crippen molar-refractivity contribution in [1.82, 2.24) is 10.2 Å². The highest BCUT2D eigenvalue weighted by Crippen LogP contribution is 2.24. The van der Waals surface area contributed by atoms with E-state index in [0.717, 1.165) is 5.56 Å². The van der Waals surface area contributed by atoms with Crippen molar-refractivity contribution >= 4 is 50.6 Å². The van der Waals surface area contributed by atoms with E-state index in [4.69, 9.17) is 11.6 Å². The van der Waals surface area contributed by atoms with Gasteiger partial charge in [0.15, 0.2) is 11.0 Å². The monoisotopic (exact) mass is 443 g/mol. The molecule has 0 spiro atoms. The van der Waals surface area contributed by atoms with E-state index >= 15 is 0 Å². The van der Waals surface area contributed by atoms with Crippen LogP contribution in [-0.4, -0.2) is 30.4 Å². The summed E-state index contributed by atoms with van der Waals surface area (Å²) in [5.41, 5.74) is 2.26. The number of aromatic nitrogens is 2. The molecule has 0 fully saturated rings. The Morgan fingerprint density at radius 3 is 2.50 bits per heavy atom. The Bertz CT molecular complexity index is 1240. The predicted octanol–water partition coefficient (Wildman–Crippen LogP) is 2.68. The largest absolute Gasteiger partial charge is 0.326 e. The van der Waals surface area contributed by atoms with Crippen LogP contribution >= 0.6 is 11.6 Å². The van der Waals surface area contributed by atoms with Gasteiger partial charge in [0.05, 0.1) is 11.3 Å². The van der Waals surface area contributed by atoms with Gasteiger partial charge in [-0.15, -0.1) is 10.2 Å². The lowest BCUT2D eigenvalue weighted by Crippen LogP contribution is -2.15. The van der Waals surface area contributed by atoms with Gasteiger partial charge in [-0.05, 0) is 60.2 Å². The van der Waals surface area contributed by atoms with Crippen LogP contribution in [0.2, 0.25) is 5.15 Å². The van der Waals surface area contributed by atoms with E-state index in [1.165, 1.54) is 36.4 Å². The molecule has 1 aliphatic rings. The fraction of sp³-hybridized carbons (Fsp3) is 0.0526. The van der Waals surface area contributed by atoms with Crippen molar-refractivity contribution in [2.45, 2.75) is 11.3 Å². The summed E-state index contributed by atoms with van der Waals surface area (Å²) in [6.45, 7) is 0. The molecular formula is C19H14ClN5O4S. The zero-order valence-corrected chi connectivity index (χ0v) is 16.8. The summed E-state index contributed by atoms with van der Waals surface area (Å²) in [4.78, 5) is 23.9. The number of halogens is 1. The first-order valence-corrected chi connectivity index (χ1v) is 10.5. The molecule has 30 heavy (non-hydrogen) atoms. The first-order chi connectivity index (χ1) is 14.3. The number of nitrogens with one attached hydrogen (secondary N) is 3. The number of carbonyl (C=O) groups is 2. The summed E-state index contributed by atoms with van der Waals surface area (Å²) >= 11 is 5.63. The Labute approximate surface area is 176 Å². The maximum atomic E-state index is 12.5. The van der Waals surface area contributed by atoms with E-state index in [-0.39, 0.29) is 34.1 Å². The van der Waals surface area contributed by atoms with Gasteiger partial charge in [-0.3, -0.25) is 14.3 Å². The molecule has 0 atom stereocenters. The third-order valence-corrected chi connectivity index (χ3v) is 5.86. The van der Waals surface area contributed by atoms with Crippen molar-refractivity contribution in [3.8, 4) is 0 Å². The van der Waals surface area contributed by atoms with Gasteiger partial charge in [-0.25, -0.2) is 8.42 Å². The fourth-order valence-corrected chi connectivity index (χ4v) is 3.96. The highest BCUT2D eigenvalue weighted by Gasteiger charge is 2.19. The quantitative estimate of drug-likeness (QED) is 0.555. The number of benzene rings is 2. The highest BCUT2D eigenvalue weighted by atomic mass is 35.5. The van der Waals surface area contributed by atoms with Crippen molar-refractivity contribution in [3.63, 3.8) is 0 Å². The van der Waals surface area contributed by atoms with Crippen molar-refractivity contribution < 1.29 is 18.0 Å². The second kappa shape index (κ2) is 7.73. The van der Waals surface area contributed by atoms with Gasteiger partial charge in [0, 0.05) is 16.9 Å². The molecule has 9 nitrogen and oxygen atoms in total. The van der Waals surface area contributed by atoms with Crippen LogP contribution in [0.4, 0.5) is 17.2 Å². The first kappa shape index (κ1) is 19.8. The molecule has 0 aliphatic carbocycles. The maximum absolute atomic E-state index is 12.5. The molecule has 2 heterocycles. The van der Waals surface area contributed by atoms with Crippen LogP contribution in [0.3, 0.4) is 0 Å². The average molecular weight is 444 g/mol. The van der Waals surface area contributed by atoms with Gasteiger partial charge in [0.1, 0.15) is 0 Å². The number of rotatable bonds is 5. The van der Waals surface area contributed by atoms with Crippen LogP contribution < -0.4 is 15.4 Å². The SMILES string of the molecule is O=C1Cc2cc(C(=O)Nc3ccc(S(=O)(=O)Nc4ccc(Cl)nn4)cc3)ccc2N1. The van der Waals surface area contributed by atoms with E-state index in [1.54, 1.807) is 18.2 Å². The molecule has 1 aromatic heterocycles. The Balaban J connectivity index is 1.46. The molecule has 3 aromatic rings. The molecular weight excluding hydrogens is 430 g/mol. The third kappa shape index (κ3) is 4.24. The lowest BCUT2D eigenvalue weighted by atomic mass is 10.1. The van der Waals surface area contributed by atoms with Crippen LogP contribution in [0.1, 0.15) is 15.9 Å². The minimum absolute atomic E-state index is 0.0145. The Morgan fingerprint density at radius 2 is 1.80 bits per heavy atom. The number of hydrogen-bond acceptors (Lipinski definition) is 6. The summed E-state index contributed by atoms with van der Waals surface area (Å²) in [7, 11) is -3.88. The zero-order chi connectivity index (χ0) is 21.3. The van der Waals surface area contributed by atoms with Crippen molar-refractivity contribution in [3.05, 3.63) is 70.9 Å². The third-order valence-electron chi connectivity index (χ3n) is 4.29. The van der Waals surface area contributed by atoms with Gasteiger partial charge in [0.2, 0.25) is 5.91 Å². The molecule has 0 saturated carbocycles. The number of hydrogen-bond donors (Lipinski definition) is 3. The topological polar surface area (TPSA) is 130 Å². The van der Waals surface area contributed by atoms with E-state index in [2.05, 4.69) is 25.6 Å². The van der Waals surface area contributed by atoms with E-state index in [0.29, 0.717) is 16.9 Å². The molecule has 0 radical (unpaired) electrons. The molecule has 0 unspecified atom stereocenters. The van der Waals surface area contributed by atoms with Crippen LogP contribution in [0.5, 0.6) is 0 Å². The number of fused-ring (bicyclic) bond motifs is 1. The Morgan fingerprint density at radius 1 is 1.03 bits per heavy atom. The molecule has 11 heteroatoms. The number of sulfonamides is 1. The molecule has 0 bridgehead atoms. The number of nitrogens with zero attached hydrogens (tertiary/aromatic N) is 2. The van der Waals surface area contributed by atoms with Crippen molar-refractivity contribution in [2.75, 3.05) is 15.4 Å². The number of amides is 2. The molecule has 4 rings (SSSR count). The van der Waals surface area contributed by atoms with E-state index in [9.17, 15) is 18.0 Å². The molecule has 0 saturated heterocycles. The summed E-state index contributed by atoms with van der Waals surface area (Å²) in [5.74, 6) is -0.457. The minimum Gasteiger partial charge on any atom is -0.326 e. The summed E-state index contributed by atoms with van der Waals surface area (Å²) < 4.78 is 27.2. The highest BCUT2D eigenvalue weighted by molar-refractivity contribution is 7.92. The van der Waals surface area contributed by atoms with Crippen LogP contribution in [0.25, 0.3) is 0 Å². The fourth-order valence-electron chi connectivity index (χ4n) is 2.86. The average Bonchev–Trinajstić information content (AvgIpc) is 3.09. The van der Waals surface area contributed by atoms with Gasteiger partial charge in [0.25, 0.3) is 15.9 Å². The van der Waals surface area contributed by atoms with Gasteiger partial charge < -0.3 is 10.6 Å². The Kier molecular flexibility index (Phi) is 5.10. The summed E-state index contributed by atoms with van der Waals surface area (Å²) in [6, 6.07) is 13.4. The Hall–Kier alpha value is -3.50. The smallest absolute Gasteiger partial charge is 0.263 e. The summed E-state index contributed by atoms with van der Waals surface area (Å²) in [5, 5.41) is 12.8. The lowest BCUT2D eigenvalue weighted by molar-refractivity contribution is -0.115. The van der Waals surface area contributed by atoms with Crippen molar-refractivity contribution in [1.29, 1.82) is 0 Å². The molecule has 3 N–H and O–H groups in total. The van der Waals surface area contributed by atoms with Gasteiger partial charge >= 0.3 is 0 Å². The lowest BCUT2D eigenvalue weighted by Gasteiger charge is -2.09. The number of carbonyl (C=O) groups excluding carboxylic acids is 2. The normalized spacial score (nSPS) is 12.8.